The molecule has 5 heteroatoms. The zero-order valence-electron chi connectivity index (χ0n) is 13.4. The van der Waals surface area contributed by atoms with Crippen LogP contribution in [0.4, 0.5) is 0 Å². The van der Waals surface area contributed by atoms with E-state index in [-0.39, 0.29) is 18.4 Å². The van der Waals surface area contributed by atoms with E-state index in [1.54, 1.807) is 21.3 Å². The van der Waals surface area contributed by atoms with Crippen molar-refractivity contribution in [1.82, 2.24) is 5.32 Å². The van der Waals surface area contributed by atoms with Crippen molar-refractivity contribution in [2.75, 3.05) is 21.3 Å². The minimum Gasteiger partial charge on any atom is -0.496 e. The highest BCUT2D eigenvalue weighted by Gasteiger charge is 2.22. The Morgan fingerprint density at radius 1 is 1.29 bits per heavy atom. The topological polar surface area (TPSA) is 49.0 Å². The normalized spacial score (nSPS) is 18.5. The molecule has 0 fully saturated rings. The lowest BCUT2D eigenvalue weighted by Gasteiger charge is -2.22. The van der Waals surface area contributed by atoms with Crippen LogP contribution in [0.2, 0.25) is 0 Å². The van der Waals surface area contributed by atoms with Gasteiger partial charge in [0.25, 0.3) is 0 Å². The number of fused-ring (bicyclic) bond motifs is 1. The molecule has 5 nitrogen and oxygen atoms in total. The van der Waals surface area contributed by atoms with Gasteiger partial charge in [-0.05, 0) is 26.0 Å². The van der Waals surface area contributed by atoms with Crippen molar-refractivity contribution >= 4 is 0 Å². The van der Waals surface area contributed by atoms with E-state index in [0.717, 1.165) is 23.5 Å². The minimum atomic E-state index is -0.276. The van der Waals surface area contributed by atoms with Crippen LogP contribution < -0.4 is 14.8 Å². The number of rotatable bonds is 7. The van der Waals surface area contributed by atoms with Crippen molar-refractivity contribution in [1.29, 1.82) is 0 Å². The van der Waals surface area contributed by atoms with E-state index in [4.69, 9.17) is 18.9 Å². The number of hydrogen-bond donors (Lipinski definition) is 1. The fourth-order valence-corrected chi connectivity index (χ4v) is 2.68. The fourth-order valence-electron chi connectivity index (χ4n) is 2.68. The molecule has 2 rings (SSSR count). The lowest BCUT2D eigenvalue weighted by atomic mass is 10.1. The molecule has 1 heterocycles. The zero-order valence-corrected chi connectivity index (χ0v) is 13.4. The largest absolute Gasteiger partial charge is 0.496 e. The third-order valence-electron chi connectivity index (χ3n) is 3.79. The minimum absolute atomic E-state index is 0.0674. The van der Waals surface area contributed by atoms with Gasteiger partial charge in [0.15, 0.2) is 6.29 Å². The first-order chi connectivity index (χ1) is 10.1. The van der Waals surface area contributed by atoms with Crippen LogP contribution in [0, 0.1) is 0 Å². The smallest absolute Gasteiger partial charge is 0.171 e. The maximum atomic E-state index is 5.81. The summed E-state index contributed by atoms with van der Waals surface area (Å²) < 4.78 is 21.8. The molecule has 1 aliphatic rings. The predicted molar refractivity (Wildman–Crippen MR) is 80.9 cm³/mol. The Morgan fingerprint density at radius 2 is 2.00 bits per heavy atom. The molecule has 1 aromatic rings. The second kappa shape index (κ2) is 7.11. The van der Waals surface area contributed by atoms with Crippen molar-refractivity contribution in [2.45, 2.75) is 45.2 Å². The maximum Gasteiger partial charge on any atom is 0.171 e. The van der Waals surface area contributed by atoms with E-state index in [2.05, 4.69) is 24.4 Å². The molecular weight excluding hydrogens is 270 g/mol. The summed E-state index contributed by atoms with van der Waals surface area (Å²) in [5, 5.41) is 3.39. The Hall–Kier alpha value is -1.30. The molecule has 1 aromatic carbocycles. The molecular formula is C16H25NO4. The molecule has 118 valence electrons. The first-order valence-electron chi connectivity index (χ1n) is 7.24. The molecule has 0 aromatic heterocycles. The van der Waals surface area contributed by atoms with Crippen LogP contribution in [0.5, 0.6) is 11.5 Å². The molecule has 21 heavy (non-hydrogen) atoms. The molecule has 0 spiro atoms. The van der Waals surface area contributed by atoms with E-state index in [0.29, 0.717) is 6.54 Å². The second-order valence-electron chi connectivity index (χ2n) is 5.41. The fraction of sp³-hybridized carbons (Fsp3) is 0.625. The molecule has 2 unspecified atom stereocenters. The zero-order chi connectivity index (χ0) is 15.4. The summed E-state index contributed by atoms with van der Waals surface area (Å²) in [5.74, 6) is 1.85. The van der Waals surface area contributed by atoms with Crippen molar-refractivity contribution in [2.24, 2.45) is 0 Å². The third-order valence-corrected chi connectivity index (χ3v) is 3.79. The highest BCUT2D eigenvalue weighted by atomic mass is 16.7. The van der Waals surface area contributed by atoms with Gasteiger partial charge in [-0.25, -0.2) is 0 Å². The molecule has 0 radical (unpaired) electrons. The van der Waals surface area contributed by atoms with Crippen LogP contribution in [-0.2, 0) is 22.4 Å². The van der Waals surface area contributed by atoms with Gasteiger partial charge in [0.2, 0.25) is 0 Å². The summed E-state index contributed by atoms with van der Waals surface area (Å²) in [5.41, 5.74) is 2.28. The van der Waals surface area contributed by atoms with E-state index in [1.165, 1.54) is 5.56 Å². The quantitative estimate of drug-likeness (QED) is 0.781. The summed E-state index contributed by atoms with van der Waals surface area (Å²) in [6, 6.07) is 4.20. The van der Waals surface area contributed by atoms with Gasteiger partial charge >= 0.3 is 0 Å². The highest BCUT2D eigenvalue weighted by Crippen LogP contribution is 2.34. The Labute approximate surface area is 126 Å². The van der Waals surface area contributed by atoms with Crippen molar-refractivity contribution in [3.8, 4) is 11.5 Å². The molecule has 1 N–H and O–H groups in total. The van der Waals surface area contributed by atoms with E-state index >= 15 is 0 Å². The van der Waals surface area contributed by atoms with Crippen LogP contribution in [0.1, 0.15) is 25.0 Å². The number of hydrogen-bond acceptors (Lipinski definition) is 5. The molecule has 0 amide bonds. The Kier molecular flexibility index (Phi) is 5.45. The van der Waals surface area contributed by atoms with Crippen LogP contribution in [0.25, 0.3) is 0 Å². The summed E-state index contributed by atoms with van der Waals surface area (Å²) >= 11 is 0. The Bertz CT molecular complexity index is 474. The summed E-state index contributed by atoms with van der Waals surface area (Å²) in [6.07, 6.45) is 0.894. The van der Waals surface area contributed by atoms with Gasteiger partial charge in [0.05, 0.1) is 13.2 Å². The predicted octanol–water partition coefficient (Wildman–Crippen LogP) is 2.12. The van der Waals surface area contributed by atoms with Crippen LogP contribution in [0.3, 0.4) is 0 Å². The number of nitrogens with one attached hydrogen (secondary N) is 1. The average molecular weight is 295 g/mol. The molecule has 0 aliphatic carbocycles. The van der Waals surface area contributed by atoms with E-state index < -0.39 is 0 Å². The summed E-state index contributed by atoms with van der Waals surface area (Å²) in [4.78, 5) is 0. The standard InChI is InChI=1S/C16H25NO4/c1-10-6-12-7-14(18-3)13(8-15(12)21-10)9-17-11(2)16(19-4)20-5/h7-8,10-11,16-17H,6,9H2,1-5H3. The Morgan fingerprint density at radius 3 is 2.62 bits per heavy atom. The third kappa shape index (κ3) is 3.67. The first-order valence-corrected chi connectivity index (χ1v) is 7.24. The van der Waals surface area contributed by atoms with E-state index in [9.17, 15) is 0 Å². The van der Waals surface area contributed by atoms with Crippen LogP contribution >= 0.6 is 0 Å². The lowest BCUT2D eigenvalue weighted by molar-refractivity contribution is -0.119. The van der Waals surface area contributed by atoms with E-state index in [1.807, 2.05) is 6.92 Å². The summed E-state index contributed by atoms with van der Waals surface area (Å²) in [6.45, 7) is 4.77. The first kappa shape index (κ1) is 16.1. The number of ether oxygens (including phenoxy) is 4. The van der Waals surface area contributed by atoms with Gasteiger partial charge in [-0.3, -0.25) is 0 Å². The lowest BCUT2D eigenvalue weighted by Crippen LogP contribution is -2.39. The van der Waals surface area contributed by atoms with Gasteiger partial charge in [-0.1, -0.05) is 0 Å². The second-order valence-corrected chi connectivity index (χ2v) is 5.41. The van der Waals surface area contributed by atoms with Gasteiger partial charge in [-0.15, -0.1) is 0 Å². The molecule has 0 saturated carbocycles. The summed E-state index contributed by atoms with van der Waals surface area (Å²) in [7, 11) is 4.97. The maximum absolute atomic E-state index is 5.81. The van der Waals surface area contributed by atoms with Gasteiger partial charge < -0.3 is 24.3 Å². The monoisotopic (exact) mass is 295 g/mol. The molecule has 1 aliphatic heterocycles. The molecule has 2 atom stereocenters. The van der Waals surface area contributed by atoms with Crippen molar-refractivity contribution in [3.05, 3.63) is 23.3 Å². The SMILES string of the molecule is COc1cc2c(cc1CNC(C)C(OC)OC)OC(C)C2. The van der Waals surface area contributed by atoms with Gasteiger partial charge in [0.1, 0.15) is 17.6 Å². The Balaban J connectivity index is 2.08. The highest BCUT2D eigenvalue weighted by molar-refractivity contribution is 5.48. The van der Waals surface area contributed by atoms with Crippen LogP contribution in [0.15, 0.2) is 12.1 Å². The number of benzene rings is 1. The average Bonchev–Trinajstić information content (AvgIpc) is 2.84. The van der Waals surface area contributed by atoms with Gasteiger partial charge in [-0.2, -0.15) is 0 Å². The van der Waals surface area contributed by atoms with Gasteiger partial charge in [0, 0.05) is 38.3 Å². The molecule has 0 saturated heterocycles. The molecule has 0 bridgehead atoms. The van der Waals surface area contributed by atoms with Crippen molar-refractivity contribution < 1.29 is 18.9 Å². The van der Waals surface area contributed by atoms with Crippen LogP contribution in [-0.4, -0.2) is 39.8 Å². The van der Waals surface area contributed by atoms with Crippen molar-refractivity contribution in [3.63, 3.8) is 0 Å². The number of methoxy groups -OCH3 is 3.